The third-order valence-corrected chi connectivity index (χ3v) is 2.55. The number of nitrogens with two attached hydrogens (primary N) is 1. The number of rotatable bonds is 6. The quantitative estimate of drug-likeness (QED) is 0.738. The highest BCUT2D eigenvalue weighted by atomic mass is 16.5. The molecule has 6 nitrogen and oxygen atoms in total. The molecule has 1 aromatic rings. The molecule has 0 aromatic carbocycles. The lowest BCUT2D eigenvalue weighted by atomic mass is 9.95. The maximum atomic E-state index is 9.23. The van der Waals surface area contributed by atoms with Crippen LogP contribution < -0.4 is 15.8 Å². The van der Waals surface area contributed by atoms with Gasteiger partial charge in [0.25, 0.3) is 0 Å². The molecule has 1 heterocycles. The Bertz CT molecular complexity index is 441. The average molecular weight is 282 g/mol. The largest absolute Gasteiger partial charge is 0.477 e. The van der Waals surface area contributed by atoms with E-state index < -0.39 is 0 Å². The number of nitrogen functional groups attached to an aromatic ring is 1. The Morgan fingerprint density at radius 3 is 2.45 bits per heavy atom. The predicted molar refractivity (Wildman–Crippen MR) is 80.8 cm³/mol. The number of nitrogens with one attached hydrogen (secondary N) is 1. The van der Waals surface area contributed by atoms with Crippen LogP contribution >= 0.6 is 0 Å². The van der Waals surface area contributed by atoms with Gasteiger partial charge >= 0.3 is 0 Å². The van der Waals surface area contributed by atoms with Crippen molar-refractivity contribution in [2.75, 3.05) is 30.8 Å². The van der Waals surface area contributed by atoms with Gasteiger partial charge in [0.2, 0.25) is 11.8 Å². The number of hydrogen-bond donors (Lipinski definition) is 3. The van der Waals surface area contributed by atoms with E-state index in [2.05, 4.69) is 36.1 Å². The highest BCUT2D eigenvalue weighted by Gasteiger charge is 2.17. The molecule has 0 aliphatic rings. The number of hydrogen-bond acceptors (Lipinski definition) is 6. The molecule has 114 valence electrons. The molecule has 0 saturated carbocycles. The van der Waals surface area contributed by atoms with Gasteiger partial charge in [-0.3, -0.25) is 0 Å². The standard InChI is InChI=1S/C14H26N4O2/c1-13(2,3)9-20-11-6-10(17-12(15)18-11)16-7-14(4,5)8-19/h6,19H,7-9H2,1-5H3,(H3,15,16,17,18). The van der Waals surface area contributed by atoms with Crippen molar-refractivity contribution < 1.29 is 9.84 Å². The summed E-state index contributed by atoms with van der Waals surface area (Å²) in [7, 11) is 0. The summed E-state index contributed by atoms with van der Waals surface area (Å²) in [5.74, 6) is 1.22. The molecule has 0 bridgehead atoms. The fraction of sp³-hybridized carbons (Fsp3) is 0.714. The second kappa shape index (κ2) is 6.26. The molecule has 4 N–H and O–H groups in total. The van der Waals surface area contributed by atoms with Gasteiger partial charge in [-0.05, 0) is 5.41 Å². The highest BCUT2D eigenvalue weighted by molar-refractivity contribution is 5.42. The summed E-state index contributed by atoms with van der Waals surface area (Å²) in [5, 5.41) is 12.4. The molecule has 0 spiro atoms. The molecule has 0 fully saturated rings. The Hall–Kier alpha value is -1.56. The zero-order valence-electron chi connectivity index (χ0n) is 13.0. The zero-order chi connectivity index (χ0) is 15.4. The highest BCUT2D eigenvalue weighted by Crippen LogP contribution is 2.20. The fourth-order valence-corrected chi connectivity index (χ4v) is 1.28. The van der Waals surface area contributed by atoms with Crippen molar-refractivity contribution in [3.05, 3.63) is 6.07 Å². The number of ether oxygens (including phenoxy) is 1. The number of anilines is 2. The van der Waals surface area contributed by atoms with Gasteiger partial charge < -0.3 is 20.9 Å². The van der Waals surface area contributed by atoms with Crippen LogP contribution in [0.5, 0.6) is 5.88 Å². The third kappa shape index (κ3) is 6.06. The minimum Gasteiger partial charge on any atom is -0.477 e. The molecule has 1 rings (SSSR count). The molecule has 0 amide bonds. The minimum absolute atomic E-state index is 0.0478. The van der Waals surface area contributed by atoms with E-state index in [1.165, 1.54) is 0 Å². The summed E-state index contributed by atoms with van der Waals surface area (Å²) in [4.78, 5) is 8.17. The Kier molecular flexibility index (Phi) is 5.16. The van der Waals surface area contributed by atoms with Gasteiger partial charge in [-0.25, -0.2) is 0 Å². The van der Waals surface area contributed by atoms with Crippen molar-refractivity contribution in [3.8, 4) is 5.88 Å². The maximum Gasteiger partial charge on any atom is 0.225 e. The lowest BCUT2D eigenvalue weighted by molar-refractivity contribution is 0.170. The number of aromatic nitrogens is 2. The van der Waals surface area contributed by atoms with Gasteiger partial charge in [0.15, 0.2) is 0 Å². The van der Waals surface area contributed by atoms with Crippen LogP contribution in [0.4, 0.5) is 11.8 Å². The Morgan fingerprint density at radius 2 is 1.90 bits per heavy atom. The van der Waals surface area contributed by atoms with Crippen LogP contribution in [-0.4, -0.2) is 34.8 Å². The van der Waals surface area contributed by atoms with Crippen molar-refractivity contribution in [1.82, 2.24) is 9.97 Å². The van der Waals surface area contributed by atoms with Crippen LogP contribution in [0.15, 0.2) is 6.07 Å². The van der Waals surface area contributed by atoms with Gasteiger partial charge in [-0.15, -0.1) is 0 Å². The zero-order valence-corrected chi connectivity index (χ0v) is 13.0. The van der Waals surface area contributed by atoms with Gasteiger partial charge in [-0.2, -0.15) is 9.97 Å². The van der Waals surface area contributed by atoms with Crippen LogP contribution in [0.1, 0.15) is 34.6 Å². The van der Waals surface area contributed by atoms with Crippen LogP contribution in [0.2, 0.25) is 0 Å². The molecular formula is C14H26N4O2. The number of nitrogens with zero attached hydrogens (tertiary/aromatic N) is 2. The first kappa shape index (κ1) is 16.5. The average Bonchev–Trinajstić information content (AvgIpc) is 2.33. The van der Waals surface area contributed by atoms with E-state index in [1.807, 2.05) is 13.8 Å². The lowest BCUT2D eigenvalue weighted by Crippen LogP contribution is -2.27. The summed E-state index contributed by atoms with van der Waals surface area (Å²) < 4.78 is 5.63. The van der Waals surface area contributed by atoms with E-state index >= 15 is 0 Å². The van der Waals surface area contributed by atoms with E-state index in [9.17, 15) is 5.11 Å². The van der Waals surface area contributed by atoms with Crippen LogP contribution in [0.3, 0.4) is 0 Å². The Morgan fingerprint density at radius 1 is 1.25 bits per heavy atom. The third-order valence-electron chi connectivity index (χ3n) is 2.55. The van der Waals surface area contributed by atoms with E-state index in [1.54, 1.807) is 6.07 Å². The first-order valence-corrected chi connectivity index (χ1v) is 6.73. The first-order valence-electron chi connectivity index (χ1n) is 6.73. The topological polar surface area (TPSA) is 93.3 Å². The first-order chi connectivity index (χ1) is 9.11. The van der Waals surface area contributed by atoms with Crippen molar-refractivity contribution in [3.63, 3.8) is 0 Å². The van der Waals surface area contributed by atoms with Gasteiger partial charge in [0, 0.05) is 24.6 Å². The summed E-state index contributed by atoms with van der Waals surface area (Å²) in [6.07, 6.45) is 0. The normalized spacial score (nSPS) is 12.3. The summed E-state index contributed by atoms with van der Waals surface area (Å²) >= 11 is 0. The van der Waals surface area contributed by atoms with Gasteiger partial charge in [-0.1, -0.05) is 34.6 Å². The van der Waals surface area contributed by atoms with E-state index in [0.29, 0.717) is 24.8 Å². The second-order valence-electron chi connectivity index (χ2n) is 6.97. The molecule has 0 saturated heterocycles. The number of aliphatic hydroxyl groups is 1. The minimum atomic E-state index is -0.230. The molecule has 0 unspecified atom stereocenters. The van der Waals surface area contributed by atoms with Crippen LogP contribution in [-0.2, 0) is 0 Å². The summed E-state index contributed by atoms with van der Waals surface area (Å²) in [5.41, 5.74) is 5.50. The molecule has 6 heteroatoms. The van der Waals surface area contributed by atoms with E-state index in [0.717, 1.165) is 0 Å². The van der Waals surface area contributed by atoms with Crippen molar-refractivity contribution >= 4 is 11.8 Å². The van der Waals surface area contributed by atoms with E-state index in [4.69, 9.17) is 10.5 Å². The molecule has 0 radical (unpaired) electrons. The molecule has 0 aliphatic heterocycles. The van der Waals surface area contributed by atoms with Crippen LogP contribution in [0, 0.1) is 10.8 Å². The van der Waals surface area contributed by atoms with Gasteiger partial charge in [0.05, 0.1) is 6.61 Å². The molecular weight excluding hydrogens is 256 g/mol. The van der Waals surface area contributed by atoms with Crippen molar-refractivity contribution in [2.24, 2.45) is 10.8 Å². The summed E-state index contributed by atoms with van der Waals surface area (Å²) in [6.45, 7) is 11.4. The van der Waals surface area contributed by atoms with Crippen LogP contribution in [0.25, 0.3) is 0 Å². The maximum absolute atomic E-state index is 9.23. The summed E-state index contributed by atoms with van der Waals surface area (Å²) in [6, 6.07) is 1.72. The molecule has 20 heavy (non-hydrogen) atoms. The monoisotopic (exact) mass is 282 g/mol. The second-order valence-corrected chi connectivity index (χ2v) is 6.97. The Balaban J connectivity index is 2.71. The van der Waals surface area contributed by atoms with Crippen molar-refractivity contribution in [1.29, 1.82) is 0 Å². The SMILES string of the molecule is CC(C)(C)COc1cc(NCC(C)(C)CO)nc(N)n1. The molecule has 1 aromatic heterocycles. The lowest BCUT2D eigenvalue weighted by Gasteiger charge is -2.22. The van der Waals surface area contributed by atoms with Crippen molar-refractivity contribution in [2.45, 2.75) is 34.6 Å². The van der Waals surface area contributed by atoms with E-state index in [-0.39, 0.29) is 23.4 Å². The fourth-order valence-electron chi connectivity index (χ4n) is 1.28. The molecule has 0 aliphatic carbocycles. The predicted octanol–water partition coefficient (Wildman–Crippen LogP) is 1.91. The van der Waals surface area contributed by atoms with Gasteiger partial charge in [0.1, 0.15) is 5.82 Å². The smallest absolute Gasteiger partial charge is 0.225 e. The number of aliphatic hydroxyl groups excluding tert-OH is 1. The Labute approximate surface area is 120 Å². The molecule has 0 atom stereocenters.